The monoisotopic (exact) mass is 451 g/mol. The van der Waals surface area contributed by atoms with Gasteiger partial charge in [-0.05, 0) is 64.2 Å². The molecule has 176 valence electrons. The van der Waals surface area contributed by atoms with Gasteiger partial charge in [-0.25, -0.2) is 4.79 Å². The van der Waals surface area contributed by atoms with Crippen molar-refractivity contribution >= 4 is 23.6 Å². The second kappa shape index (κ2) is 10.1. The summed E-state index contributed by atoms with van der Waals surface area (Å²) < 4.78 is 5.47. The van der Waals surface area contributed by atoms with E-state index in [0.717, 1.165) is 16.8 Å². The number of likely N-dealkylation sites (tertiary alicyclic amines) is 1. The average molecular weight is 452 g/mol. The molecule has 1 aliphatic heterocycles. The van der Waals surface area contributed by atoms with Crippen LogP contribution >= 0.6 is 0 Å². The van der Waals surface area contributed by atoms with Crippen LogP contribution in [0.1, 0.15) is 56.3 Å². The lowest BCUT2D eigenvalue weighted by Gasteiger charge is -2.29. The van der Waals surface area contributed by atoms with Crippen LogP contribution < -0.4 is 10.6 Å². The number of nitrogens with zero attached hydrogens (tertiary/aromatic N) is 1. The first-order valence-electron chi connectivity index (χ1n) is 11.3. The maximum absolute atomic E-state index is 13.3. The Morgan fingerprint density at radius 2 is 1.64 bits per heavy atom. The Hall–Kier alpha value is -3.35. The molecular formula is C26H33N3O4. The van der Waals surface area contributed by atoms with Crippen molar-refractivity contribution in [2.24, 2.45) is 0 Å². The maximum atomic E-state index is 13.3. The zero-order valence-electron chi connectivity index (χ0n) is 20.0. The molecule has 2 aromatic rings. The molecule has 2 aromatic carbocycles. The molecule has 0 radical (unpaired) electrons. The van der Waals surface area contributed by atoms with Crippen molar-refractivity contribution in [3.8, 4) is 0 Å². The number of para-hydroxylation sites is 1. The maximum Gasteiger partial charge on any atom is 0.410 e. The van der Waals surface area contributed by atoms with Crippen LogP contribution in [0.25, 0.3) is 0 Å². The first-order chi connectivity index (χ1) is 15.6. The number of nitrogens with one attached hydrogen (secondary N) is 2. The summed E-state index contributed by atoms with van der Waals surface area (Å²) in [6.07, 6.45) is 0.698. The topological polar surface area (TPSA) is 87.7 Å². The summed E-state index contributed by atoms with van der Waals surface area (Å²) in [6, 6.07) is 13.3. The van der Waals surface area contributed by atoms with Crippen LogP contribution in [0.15, 0.2) is 48.5 Å². The van der Waals surface area contributed by atoms with Gasteiger partial charge in [0.25, 0.3) is 5.91 Å². The molecule has 0 aliphatic carbocycles. The van der Waals surface area contributed by atoms with Crippen LogP contribution in [0.3, 0.4) is 0 Å². The van der Waals surface area contributed by atoms with Gasteiger partial charge in [0.15, 0.2) is 0 Å². The van der Waals surface area contributed by atoms with Crippen molar-refractivity contribution in [1.29, 1.82) is 0 Å². The van der Waals surface area contributed by atoms with Gasteiger partial charge in [0.05, 0.1) is 0 Å². The summed E-state index contributed by atoms with van der Waals surface area (Å²) in [7, 11) is 0. The number of amides is 3. The molecule has 0 bridgehead atoms. The largest absolute Gasteiger partial charge is 0.444 e. The Balaban J connectivity index is 1.81. The number of aryl methyl sites for hydroxylation is 2. The fourth-order valence-corrected chi connectivity index (χ4v) is 3.97. The molecular weight excluding hydrogens is 418 g/mol. The summed E-state index contributed by atoms with van der Waals surface area (Å²) in [5, 5.41) is 5.86. The third-order valence-corrected chi connectivity index (χ3v) is 5.59. The Kier molecular flexibility index (Phi) is 7.41. The summed E-state index contributed by atoms with van der Waals surface area (Å²) in [4.78, 5) is 40.7. The van der Waals surface area contributed by atoms with Crippen LogP contribution in [0, 0.1) is 13.8 Å². The Labute approximate surface area is 195 Å². The Morgan fingerprint density at radius 3 is 2.24 bits per heavy atom. The van der Waals surface area contributed by atoms with E-state index in [-0.39, 0.29) is 11.8 Å². The van der Waals surface area contributed by atoms with E-state index in [0.29, 0.717) is 24.9 Å². The highest BCUT2D eigenvalue weighted by Crippen LogP contribution is 2.25. The second-order valence-electron chi connectivity index (χ2n) is 9.44. The second-order valence-corrected chi connectivity index (χ2v) is 9.44. The molecule has 3 rings (SSSR count). The Bertz CT molecular complexity index is 994. The van der Waals surface area contributed by atoms with Crippen LogP contribution in [0.2, 0.25) is 0 Å². The van der Waals surface area contributed by atoms with E-state index in [1.165, 1.54) is 4.90 Å². The fourth-order valence-electron chi connectivity index (χ4n) is 3.97. The molecule has 1 saturated heterocycles. The first-order valence-corrected chi connectivity index (χ1v) is 11.3. The molecule has 7 nitrogen and oxygen atoms in total. The van der Waals surface area contributed by atoms with Crippen molar-refractivity contribution in [2.75, 3.05) is 11.9 Å². The van der Waals surface area contributed by atoms with Gasteiger partial charge in [-0.1, -0.05) is 48.5 Å². The highest BCUT2D eigenvalue weighted by molar-refractivity contribution is 5.99. The van der Waals surface area contributed by atoms with Crippen molar-refractivity contribution < 1.29 is 19.1 Å². The zero-order chi connectivity index (χ0) is 24.2. The molecule has 2 N–H and O–H groups in total. The predicted molar refractivity (Wildman–Crippen MR) is 128 cm³/mol. The molecule has 1 heterocycles. The van der Waals surface area contributed by atoms with E-state index in [1.807, 2.05) is 50.2 Å². The molecule has 7 heteroatoms. The van der Waals surface area contributed by atoms with E-state index in [4.69, 9.17) is 4.74 Å². The van der Waals surface area contributed by atoms with Crippen LogP contribution in [-0.4, -0.2) is 41.0 Å². The SMILES string of the molecule is Cc1cccc(C)c1NC(=O)[C@@H](NC(=O)[C@@H]1CCCN1C(=O)OC(C)(C)C)c1ccccc1. The van der Waals surface area contributed by atoms with Gasteiger partial charge >= 0.3 is 6.09 Å². The third kappa shape index (κ3) is 6.12. The average Bonchev–Trinajstić information content (AvgIpc) is 3.24. The number of anilines is 1. The molecule has 0 aromatic heterocycles. The van der Waals surface area contributed by atoms with E-state index in [9.17, 15) is 14.4 Å². The van der Waals surface area contributed by atoms with Gasteiger partial charge in [-0.2, -0.15) is 0 Å². The van der Waals surface area contributed by atoms with Crippen molar-refractivity contribution in [2.45, 2.75) is 65.1 Å². The molecule has 33 heavy (non-hydrogen) atoms. The van der Waals surface area contributed by atoms with Gasteiger partial charge in [-0.3, -0.25) is 14.5 Å². The van der Waals surface area contributed by atoms with Crippen LogP contribution in [0.4, 0.5) is 10.5 Å². The molecule has 2 atom stereocenters. The summed E-state index contributed by atoms with van der Waals surface area (Å²) in [6.45, 7) is 9.67. The highest BCUT2D eigenvalue weighted by Gasteiger charge is 2.38. The molecule has 0 unspecified atom stereocenters. The standard InChI is InChI=1S/C26H33N3O4/c1-17-11-9-12-18(2)21(17)27-24(31)22(19-13-7-6-8-14-19)28-23(30)20-15-10-16-29(20)25(32)33-26(3,4)5/h6-9,11-14,20,22H,10,15-16H2,1-5H3,(H,27,31)(H,28,30)/t20-,22-/m0/s1. The number of carbonyl (C=O) groups is 3. The normalized spacial score (nSPS) is 16.8. The number of rotatable bonds is 5. The van der Waals surface area contributed by atoms with E-state index in [1.54, 1.807) is 32.9 Å². The summed E-state index contributed by atoms with van der Waals surface area (Å²) in [5.41, 5.74) is 2.62. The van der Waals surface area contributed by atoms with Gasteiger partial charge in [0, 0.05) is 12.2 Å². The van der Waals surface area contributed by atoms with Crippen LogP contribution in [-0.2, 0) is 14.3 Å². The minimum Gasteiger partial charge on any atom is -0.444 e. The van der Waals surface area contributed by atoms with Gasteiger partial charge in [0.2, 0.25) is 5.91 Å². The van der Waals surface area contributed by atoms with Gasteiger partial charge < -0.3 is 15.4 Å². The quantitative estimate of drug-likeness (QED) is 0.701. The molecule has 0 spiro atoms. The Morgan fingerprint density at radius 1 is 1.00 bits per heavy atom. The minimum atomic E-state index is -0.904. The molecule has 1 aliphatic rings. The van der Waals surface area contributed by atoms with Crippen LogP contribution in [0.5, 0.6) is 0 Å². The van der Waals surface area contributed by atoms with Crippen molar-refractivity contribution in [3.63, 3.8) is 0 Å². The van der Waals surface area contributed by atoms with E-state index < -0.39 is 23.8 Å². The lowest BCUT2D eigenvalue weighted by molar-refractivity contribution is -0.129. The highest BCUT2D eigenvalue weighted by atomic mass is 16.6. The number of ether oxygens (including phenoxy) is 1. The predicted octanol–water partition coefficient (Wildman–Crippen LogP) is 4.50. The molecule has 1 fully saturated rings. The van der Waals surface area contributed by atoms with Gasteiger partial charge in [-0.15, -0.1) is 0 Å². The van der Waals surface area contributed by atoms with Crippen molar-refractivity contribution in [3.05, 3.63) is 65.2 Å². The summed E-state index contributed by atoms with van der Waals surface area (Å²) >= 11 is 0. The molecule has 0 saturated carbocycles. The minimum absolute atomic E-state index is 0.339. The number of carbonyl (C=O) groups excluding carboxylic acids is 3. The van der Waals surface area contributed by atoms with E-state index >= 15 is 0 Å². The van der Waals surface area contributed by atoms with Gasteiger partial charge in [0.1, 0.15) is 17.7 Å². The number of hydrogen-bond donors (Lipinski definition) is 2. The number of hydrogen-bond acceptors (Lipinski definition) is 4. The number of benzene rings is 2. The summed E-state index contributed by atoms with van der Waals surface area (Å²) in [5.74, 6) is -0.711. The lowest BCUT2D eigenvalue weighted by atomic mass is 10.0. The smallest absolute Gasteiger partial charge is 0.410 e. The fraction of sp³-hybridized carbons (Fsp3) is 0.423. The van der Waals surface area contributed by atoms with Crippen molar-refractivity contribution in [1.82, 2.24) is 10.2 Å². The van der Waals surface area contributed by atoms with E-state index in [2.05, 4.69) is 10.6 Å². The zero-order valence-corrected chi connectivity index (χ0v) is 20.0. The molecule has 3 amide bonds. The third-order valence-electron chi connectivity index (χ3n) is 5.59. The lowest BCUT2D eigenvalue weighted by Crippen LogP contribution is -2.49. The first kappa shape index (κ1) is 24.3.